The van der Waals surface area contributed by atoms with Crippen LogP contribution in [-0.4, -0.2) is 44.0 Å². The van der Waals surface area contributed by atoms with E-state index in [0.29, 0.717) is 28.1 Å². The van der Waals surface area contributed by atoms with Gasteiger partial charge in [0.1, 0.15) is 18.7 Å². The molecule has 1 aromatic carbocycles. The van der Waals surface area contributed by atoms with Gasteiger partial charge in [-0.1, -0.05) is 39.0 Å². The van der Waals surface area contributed by atoms with Crippen molar-refractivity contribution in [3.63, 3.8) is 0 Å². The Morgan fingerprint density at radius 3 is 2.44 bits per heavy atom. The maximum Gasteiger partial charge on any atom is 0.205 e. The number of aliphatic hydroxyl groups excluding tert-OH is 1. The Morgan fingerprint density at radius 1 is 1.06 bits per heavy atom. The van der Waals surface area contributed by atoms with Crippen LogP contribution in [0.25, 0.3) is 11.2 Å². The molecule has 8 nitrogen and oxygen atoms in total. The highest BCUT2D eigenvalue weighted by Gasteiger charge is 2.25. The number of ether oxygens (including phenoxy) is 1. The van der Waals surface area contributed by atoms with Gasteiger partial charge in [0.2, 0.25) is 5.95 Å². The summed E-state index contributed by atoms with van der Waals surface area (Å²) in [6.45, 7) is 14.0. The van der Waals surface area contributed by atoms with Crippen molar-refractivity contribution in [2.24, 2.45) is 5.41 Å². The Kier molecular flexibility index (Phi) is 7.23. The smallest absolute Gasteiger partial charge is 0.205 e. The van der Waals surface area contributed by atoms with Crippen molar-refractivity contribution < 1.29 is 9.84 Å². The molecule has 0 fully saturated rings. The molecule has 0 spiro atoms. The summed E-state index contributed by atoms with van der Waals surface area (Å²) in [5, 5.41) is 17.0. The van der Waals surface area contributed by atoms with E-state index in [9.17, 15) is 5.11 Å². The van der Waals surface area contributed by atoms with E-state index in [1.54, 1.807) is 0 Å². The zero-order valence-corrected chi connectivity index (χ0v) is 20.0. The van der Waals surface area contributed by atoms with Gasteiger partial charge in [-0.2, -0.15) is 0 Å². The number of benzene rings is 1. The van der Waals surface area contributed by atoms with E-state index >= 15 is 0 Å². The quantitative estimate of drug-likeness (QED) is 0.330. The van der Waals surface area contributed by atoms with Gasteiger partial charge in [-0.25, -0.2) is 15.0 Å². The lowest BCUT2D eigenvalue weighted by Crippen LogP contribution is -2.27. The van der Waals surface area contributed by atoms with Crippen LogP contribution in [0.3, 0.4) is 0 Å². The van der Waals surface area contributed by atoms with Crippen LogP contribution < -0.4 is 15.4 Å². The summed E-state index contributed by atoms with van der Waals surface area (Å²) in [6.07, 6.45) is 2.71. The molecule has 3 rings (SSSR count). The summed E-state index contributed by atoms with van der Waals surface area (Å²) in [6, 6.07) is 9.38. The normalized spacial score (nSPS) is 13.2. The van der Waals surface area contributed by atoms with Crippen LogP contribution in [0.2, 0.25) is 0 Å². The van der Waals surface area contributed by atoms with Gasteiger partial charge in [0.05, 0.1) is 0 Å². The van der Waals surface area contributed by atoms with Crippen molar-refractivity contribution in [2.45, 2.75) is 66.2 Å². The Hall–Kier alpha value is -2.87. The van der Waals surface area contributed by atoms with Crippen molar-refractivity contribution >= 4 is 22.9 Å². The summed E-state index contributed by atoms with van der Waals surface area (Å²) in [5.41, 5.74) is 1.39. The molecule has 3 N–H and O–H groups in total. The molecule has 8 heteroatoms. The van der Waals surface area contributed by atoms with E-state index in [4.69, 9.17) is 9.72 Å². The third-order valence-corrected chi connectivity index (χ3v) is 4.96. The van der Waals surface area contributed by atoms with Crippen molar-refractivity contribution in [3.05, 3.63) is 36.7 Å². The van der Waals surface area contributed by atoms with Crippen LogP contribution in [-0.2, 0) is 5.54 Å². The first-order chi connectivity index (χ1) is 15.0. The molecule has 0 saturated carbocycles. The maximum absolute atomic E-state index is 10.5. The van der Waals surface area contributed by atoms with Gasteiger partial charge in [-0.3, -0.25) is 4.57 Å². The molecule has 1 unspecified atom stereocenters. The predicted molar refractivity (Wildman–Crippen MR) is 129 cm³/mol. The lowest BCUT2D eigenvalue weighted by atomic mass is 9.91. The van der Waals surface area contributed by atoms with Gasteiger partial charge in [-0.05, 0) is 51.2 Å². The second kappa shape index (κ2) is 9.73. The molecule has 3 aromatic rings. The number of anilines is 2. The number of fused-ring (bicyclic) bond motifs is 1. The van der Waals surface area contributed by atoms with Crippen molar-refractivity contribution in [3.8, 4) is 5.75 Å². The number of rotatable bonds is 9. The molecule has 32 heavy (non-hydrogen) atoms. The highest BCUT2D eigenvalue weighted by Crippen LogP contribution is 2.30. The average molecular weight is 441 g/mol. The molecule has 174 valence electrons. The van der Waals surface area contributed by atoms with E-state index < -0.39 is 6.23 Å². The van der Waals surface area contributed by atoms with Crippen LogP contribution in [0.15, 0.2) is 36.7 Å². The first-order valence-electron chi connectivity index (χ1n) is 11.1. The van der Waals surface area contributed by atoms with E-state index in [1.165, 1.54) is 6.33 Å². The number of aliphatic hydroxyl groups is 1. The molecule has 0 saturated heterocycles. The minimum absolute atomic E-state index is 0.0768. The zero-order chi connectivity index (χ0) is 23.4. The molecule has 2 aromatic heterocycles. The molecule has 1 atom stereocenters. The van der Waals surface area contributed by atoms with Gasteiger partial charge in [0, 0.05) is 12.1 Å². The molecule has 0 radical (unpaired) electrons. The maximum atomic E-state index is 10.5. The summed E-state index contributed by atoms with van der Waals surface area (Å²) in [4.78, 5) is 13.6. The Labute approximate surface area is 190 Å². The fourth-order valence-electron chi connectivity index (χ4n) is 3.46. The number of hydrogen-bond donors (Lipinski definition) is 3. The number of nitrogens with zero attached hydrogens (tertiary/aromatic N) is 4. The fourth-order valence-corrected chi connectivity index (χ4v) is 3.46. The Balaban J connectivity index is 1.78. The molecule has 2 heterocycles. The second-order valence-electron chi connectivity index (χ2n) is 10.2. The van der Waals surface area contributed by atoms with Gasteiger partial charge >= 0.3 is 0 Å². The molecule has 0 aliphatic rings. The van der Waals surface area contributed by atoms with Gasteiger partial charge < -0.3 is 20.5 Å². The van der Waals surface area contributed by atoms with Crippen molar-refractivity contribution in [1.82, 2.24) is 19.5 Å². The van der Waals surface area contributed by atoms with Crippen molar-refractivity contribution in [1.29, 1.82) is 0 Å². The number of hydrogen-bond acceptors (Lipinski definition) is 7. The molecule has 0 aliphatic carbocycles. The van der Waals surface area contributed by atoms with Crippen LogP contribution in [0.1, 0.15) is 54.4 Å². The lowest BCUT2D eigenvalue weighted by molar-refractivity contribution is 0.129. The Morgan fingerprint density at radius 2 is 1.78 bits per heavy atom. The summed E-state index contributed by atoms with van der Waals surface area (Å²) >= 11 is 0. The van der Waals surface area contributed by atoms with E-state index in [0.717, 1.165) is 25.3 Å². The number of nitrogens with one attached hydrogen (secondary N) is 2. The van der Waals surface area contributed by atoms with E-state index in [-0.39, 0.29) is 12.1 Å². The number of aromatic nitrogens is 4. The topological polar surface area (TPSA) is 97.1 Å². The molecule has 0 aliphatic heterocycles. The first-order valence-corrected chi connectivity index (χ1v) is 11.1. The van der Waals surface area contributed by atoms with Gasteiger partial charge in [-0.15, -0.1) is 0 Å². The standard InChI is InChI=1S/C24H36N6O2/c1-23(2,3)13-10-14-25-22-29-19-20(26-16-27-21(19)30(22)24(4,5)6)28-18(31)15-32-17-11-8-7-9-12-17/h7-9,11-12,16,18,31H,10,13-15H2,1-6H3,(H,25,29)(H,26,27,28). The van der Waals surface area contributed by atoms with Gasteiger partial charge in [0.15, 0.2) is 23.2 Å². The largest absolute Gasteiger partial charge is 0.489 e. The minimum Gasteiger partial charge on any atom is -0.489 e. The summed E-state index contributed by atoms with van der Waals surface area (Å²) in [5.74, 6) is 1.92. The third-order valence-electron chi connectivity index (χ3n) is 4.96. The molecular weight excluding hydrogens is 404 g/mol. The lowest BCUT2D eigenvalue weighted by Gasteiger charge is -2.24. The fraction of sp³-hybridized carbons (Fsp3) is 0.542. The predicted octanol–water partition coefficient (Wildman–Crippen LogP) is 4.63. The van der Waals surface area contributed by atoms with Crippen molar-refractivity contribution in [2.75, 3.05) is 23.8 Å². The van der Waals surface area contributed by atoms with Crippen LogP contribution in [0.5, 0.6) is 5.75 Å². The van der Waals surface area contributed by atoms with E-state index in [2.05, 4.69) is 66.7 Å². The second-order valence-corrected chi connectivity index (χ2v) is 10.2. The van der Waals surface area contributed by atoms with Gasteiger partial charge in [0.25, 0.3) is 0 Å². The summed E-state index contributed by atoms with van der Waals surface area (Å²) in [7, 11) is 0. The summed E-state index contributed by atoms with van der Waals surface area (Å²) < 4.78 is 7.72. The molecule has 0 amide bonds. The average Bonchev–Trinajstić information content (AvgIpc) is 3.10. The minimum atomic E-state index is -0.948. The Bertz CT molecular complexity index is 1000. The third kappa shape index (κ3) is 6.32. The van der Waals surface area contributed by atoms with E-state index in [1.807, 2.05) is 30.3 Å². The monoisotopic (exact) mass is 440 g/mol. The first kappa shape index (κ1) is 23.8. The number of imidazole rings is 1. The highest BCUT2D eigenvalue weighted by atomic mass is 16.5. The number of para-hydroxylation sites is 1. The van der Waals surface area contributed by atoms with Crippen LogP contribution in [0, 0.1) is 5.41 Å². The van der Waals surface area contributed by atoms with Crippen LogP contribution in [0.4, 0.5) is 11.8 Å². The molecule has 0 bridgehead atoms. The van der Waals surface area contributed by atoms with Crippen LogP contribution >= 0.6 is 0 Å². The highest BCUT2D eigenvalue weighted by molar-refractivity contribution is 5.85. The SMILES string of the molecule is CC(C)(C)CCCNc1nc2c(NC(O)COc3ccccc3)ncnc2n1C(C)(C)C. The molecular formula is C24H36N6O2. The zero-order valence-electron chi connectivity index (χ0n) is 20.0.